The average Bonchev–Trinajstić information content (AvgIpc) is 2.38. The summed E-state index contributed by atoms with van der Waals surface area (Å²) in [7, 11) is 1.48. The molecule has 5 heteroatoms. The fourth-order valence-electron chi connectivity index (χ4n) is 1.81. The van der Waals surface area contributed by atoms with Gasteiger partial charge >= 0.3 is 0 Å². The van der Waals surface area contributed by atoms with Crippen molar-refractivity contribution in [1.82, 2.24) is 0 Å². The van der Waals surface area contributed by atoms with Crippen LogP contribution in [-0.4, -0.2) is 24.0 Å². The van der Waals surface area contributed by atoms with Crippen LogP contribution in [0.5, 0.6) is 5.75 Å². The first-order valence-electron chi connectivity index (χ1n) is 5.33. The molecule has 0 saturated carbocycles. The molecule has 1 aromatic carbocycles. The number of benzene rings is 1. The number of rotatable bonds is 4. The number of alkyl halides is 1. The van der Waals surface area contributed by atoms with Gasteiger partial charge in [-0.3, -0.25) is 9.59 Å². The van der Waals surface area contributed by atoms with Crippen molar-refractivity contribution in [3.63, 3.8) is 0 Å². The number of carbonyl (C=O) groups excluding carboxylic acids is 2. The van der Waals surface area contributed by atoms with Gasteiger partial charge in [-0.05, 0) is 37.5 Å². The van der Waals surface area contributed by atoms with Crippen LogP contribution in [0, 0.1) is 20.8 Å². The van der Waals surface area contributed by atoms with E-state index in [0.717, 1.165) is 11.1 Å². The van der Waals surface area contributed by atoms with E-state index in [2.05, 4.69) is 15.9 Å². The van der Waals surface area contributed by atoms with Gasteiger partial charge in [0.15, 0.2) is 0 Å². The van der Waals surface area contributed by atoms with E-state index >= 15 is 0 Å². The molecule has 1 aromatic rings. The Kier molecular flexibility index (Phi) is 4.93. The number of hydrogen-bond acceptors (Lipinski definition) is 3. The van der Waals surface area contributed by atoms with Gasteiger partial charge in [-0.25, -0.2) is 0 Å². The van der Waals surface area contributed by atoms with Crippen LogP contribution in [0.25, 0.3) is 0 Å². The third-order valence-corrected chi connectivity index (χ3v) is 4.05. The van der Waals surface area contributed by atoms with Crippen molar-refractivity contribution in [3.8, 4) is 5.75 Å². The van der Waals surface area contributed by atoms with E-state index in [1.807, 2.05) is 13.8 Å². The second kappa shape index (κ2) is 5.85. The van der Waals surface area contributed by atoms with Gasteiger partial charge in [0.2, 0.25) is 11.6 Å². The predicted molar refractivity (Wildman–Crippen MR) is 75.3 cm³/mol. The highest BCUT2D eigenvalue weighted by molar-refractivity contribution is 9.09. The maximum absolute atomic E-state index is 12.1. The summed E-state index contributed by atoms with van der Waals surface area (Å²) in [6.07, 6.45) is 0. The zero-order chi connectivity index (χ0) is 14.0. The van der Waals surface area contributed by atoms with E-state index in [4.69, 9.17) is 16.3 Å². The Morgan fingerprint density at radius 1 is 1.17 bits per heavy atom. The molecule has 0 saturated heterocycles. The van der Waals surface area contributed by atoms with Crippen molar-refractivity contribution in [3.05, 3.63) is 27.3 Å². The molecule has 98 valence electrons. The van der Waals surface area contributed by atoms with Gasteiger partial charge in [-0.2, -0.15) is 0 Å². The number of ether oxygens (including phenoxy) is 1. The van der Waals surface area contributed by atoms with Crippen LogP contribution in [0.2, 0.25) is 5.02 Å². The Balaban J connectivity index is 3.62. The summed E-state index contributed by atoms with van der Waals surface area (Å²) in [4.78, 5) is 23.6. The van der Waals surface area contributed by atoms with Gasteiger partial charge in [0.05, 0.1) is 18.0 Å². The van der Waals surface area contributed by atoms with Crippen LogP contribution in [-0.2, 0) is 4.79 Å². The molecule has 0 aromatic heterocycles. The first-order valence-corrected chi connectivity index (χ1v) is 6.83. The fraction of sp³-hybridized carbons (Fsp3) is 0.385. The Morgan fingerprint density at radius 3 is 2.17 bits per heavy atom. The number of Topliss-reactive ketones (excluding diaryl/α,β-unsaturated/α-hetero) is 2. The Bertz CT molecular complexity index is 524. The topological polar surface area (TPSA) is 43.4 Å². The average molecular weight is 334 g/mol. The fourth-order valence-corrected chi connectivity index (χ4v) is 2.30. The molecule has 0 spiro atoms. The lowest BCUT2D eigenvalue weighted by molar-refractivity contribution is -0.112. The number of ketones is 2. The number of carbonyl (C=O) groups is 2. The summed E-state index contributed by atoms with van der Waals surface area (Å²) in [5, 5.41) is 0.484. The first kappa shape index (κ1) is 15.2. The van der Waals surface area contributed by atoms with Gasteiger partial charge in [0, 0.05) is 5.02 Å². The van der Waals surface area contributed by atoms with Crippen molar-refractivity contribution in [1.29, 1.82) is 0 Å². The quantitative estimate of drug-likeness (QED) is 0.482. The lowest BCUT2D eigenvalue weighted by Crippen LogP contribution is -2.18. The molecule has 0 heterocycles. The van der Waals surface area contributed by atoms with Crippen LogP contribution >= 0.6 is 27.5 Å². The highest BCUT2D eigenvalue weighted by Crippen LogP contribution is 2.36. The normalized spacial score (nSPS) is 10.3. The van der Waals surface area contributed by atoms with Crippen molar-refractivity contribution in [2.24, 2.45) is 0 Å². The standard InChI is InChI=1S/C13H14BrClO3/c1-6-7(2)13(18-4)10(8(3)11(6)15)12(17)9(16)5-14/h5H2,1-4H3. The number of hydrogen-bond donors (Lipinski definition) is 0. The van der Waals surface area contributed by atoms with E-state index in [1.165, 1.54) is 7.11 Å². The zero-order valence-electron chi connectivity index (χ0n) is 10.7. The minimum atomic E-state index is -0.578. The largest absolute Gasteiger partial charge is 0.496 e. The minimum absolute atomic E-state index is 0.0149. The molecule has 0 fully saturated rings. The molecule has 0 aliphatic carbocycles. The second-order valence-corrected chi connectivity index (χ2v) is 4.92. The highest BCUT2D eigenvalue weighted by atomic mass is 79.9. The summed E-state index contributed by atoms with van der Waals surface area (Å²) >= 11 is 9.17. The molecule has 3 nitrogen and oxygen atoms in total. The van der Waals surface area contributed by atoms with Gasteiger partial charge in [-0.1, -0.05) is 27.5 Å². The monoisotopic (exact) mass is 332 g/mol. The van der Waals surface area contributed by atoms with E-state index in [-0.39, 0.29) is 10.9 Å². The van der Waals surface area contributed by atoms with E-state index in [1.54, 1.807) is 6.92 Å². The molecule has 0 radical (unpaired) electrons. The molecule has 0 amide bonds. The third kappa shape index (κ3) is 2.45. The molecule has 0 bridgehead atoms. The molecular formula is C13H14BrClO3. The summed E-state index contributed by atoms with van der Waals surface area (Å²) in [6.45, 7) is 5.38. The smallest absolute Gasteiger partial charge is 0.233 e. The van der Waals surface area contributed by atoms with Crippen molar-refractivity contribution in [2.45, 2.75) is 20.8 Å². The lowest BCUT2D eigenvalue weighted by Gasteiger charge is -2.17. The highest BCUT2D eigenvalue weighted by Gasteiger charge is 2.26. The van der Waals surface area contributed by atoms with E-state index in [0.29, 0.717) is 16.3 Å². The van der Waals surface area contributed by atoms with Crippen molar-refractivity contribution >= 4 is 39.1 Å². The molecule has 0 aliphatic rings. The van der Waals surface area contributed by atoms with Crippen LogP contribution < -0.4 is 4.74 Å². The van der Waals surface area contributed by atoms with Crippen molar-refractivity contribution in [2.75, 3.05) is 12.4 Å². The molecule has 1 rings (SSSR count). The molecule has 0 atom stereocenters. The summed E-state index contributed by atoms with van der Waals surface area (Å²) in [5.74, 6) is -0.671. The van der Waals surface area contributed by atoms with Crippen LogP contribution in [0.3, 0.4) is 0 Å². The number of halogens is 2. The van der Waals surface area contributed by atoms with E-state index in [9.17, 15) is 9.59 Å². The lowest BCUT2D eigenvalue weighted by atomic mass is 9.95. The summed E-state index contributed by atoms with van der Waals surface area (Å²) in [6, 6.07) is 0. The number of methoxy groups -OCH3 is 1. The van der Waals surface area contributed by atoms with Crippen molar-refractivity contribution < 1.29 is 14.3 Å². The second-order valence-electron chi connectivity index (χ2n) is 3.98. The molecule has 0 N–H and O–H groups in total. The Morgan fingerprint density at radius 2 is 1.72 bits per heavy atom. The molecule has 18 heavy (non-hydrogen) atoms. The molecular weight excluding hydrogens is 319 g/mol. The van der Waals surface area contributed by atoms with Crippen LogP contribution in [0.4, 0.5) is 0 Å². The minimum Gasteiger partial charge on any atom is -0.496 e. The van der Waals surface area contributed by atoms with Gasteiger partial charge in [0.25, 0.3) is 0 Å². The predicted octanol–water partition coefficient (Wildman–Crippen LogP) is 3.42. The maximum Gasteiger partial charge on any atom is 0.233 e. The van der Waals surface area contributed by atoms with Gasteiger partial charge in [0.1, 0.15) is 5.75 Å². The summed E-state index contributed by atoms with van der Waals surface area (Å²) in [5.41, 5.74) is 2.47. The third-order valence-electron chi connectivity index (χ3n) is 2.97. The summed E-state index contributed by atoms with van der Waals surface area (Å²) < 4.78 is 5.26. The Hall–Kier alpha value is -0.870. The first-order chi connectivity index (χ1) is 8.36. The van der Waals surface area contributed by atoms with E-state index < -0.39 is 11.6 Å². The van der Waals surface area contributed by atoms with Crippen LogP contribution in [0.1, 0.15) is 27.0 Å². The van der Waals surface area contributed by atoms with Crippen LogP contribution in [0.15, 0.2) is 0 Å². The maximum atomic E-state index is 12.1. The SMILES string of the molecule is COc1c(C)c(C)c(Cl)c(C)c1C(=O)C(=O)CBr. The van der Waals surface area contributed by atoms with Gasteiger partial charge < -0.3 is 4.74 Å². The molecule has 0 unspecified atom stereocenters. The Labute approximate surface area is 120 Å². The zero-order valence-corrected chi connectivity index (χ0v) is 13.0. The molecule has 0 aliphatic heterocycles. The van der Waals surface area contributed by atoms with Gasteiger partial charge in [-0.15, -0.1) is 0 Å².